The highest BCUT2D eigenvalue weighted by atomic mass is 16.7. The van der Waals surface area contributed by atoms with Crippen molar-refractivity contribution in [2.24, 2.45) is 0 Å². The second kappa shape index (κ2) is 21.2. The van der Waals surface area contributed by atoms with Crippen LogP contribution in [0, 0.1) is 0 Å². The number of ether oxygens (including phenoxy) is 3. The summed E-state index contributed by atoms with van der Waals surface area (Å²) >= 11 is 0. The summed E-state index contributed by atoms with van der Waals surface area (Å²) in [6.45, 7) is 0.938. The highest BCUT2D eigenvalue weighted by Gasteiger charge is 2.44. The highest BCUT2D eigenvalue weighted by molar-refractivity contribution is 5.69. The van der Waals surface area contributed by atoms with E-state index in [2.05, 4.69) is 6.92 Å². The van der Waals surface area contributed by atoms with Crippen LogP contribution in [-0.2, 0) is 19.0 Å². The lowest BCUT2D eigenvalue weighted by Crippen LogP contribution is -2.60. The molecule has 0 saturated carbocycles. The van der Waals surface area contributed by atoms with Gasteiger partial charge in [0.1, 0.15) is 37.1 Å². The molecule has 0 aromatic carbocycles. The topological polar surface area (TPSA) is 146 Å². The molecule has 5 N–H and O–H groups in total. The van der Waals surface area contributed by atoms with Crippen molar-refractivity contribution in [3.8, 4) is 0 Å². The van der Waals surface area contributed by atoms with Crippen LogP contribution in [0.3, 0.4) is 0 Å². The molecule has 1 aliphatic heterocycles. The van der Waals surface area contributed by atoms with Crippen molar-refractivity contribution in [2.75, 3.05) is 19.8 Å². The van der Waals surface area contributed by atoms with E-state index in [-0.39, 0.29) is 19.0 Å². The molecule has 1 heterocycles. The third-order valence-corrected chi connectivity index (χ3v) is 6.79. The average molecular weight is 521 g/mol. The molecule has 0 unspecified atom stereocenters. The average Bonchev–Trinajstić information content (AvgIpc) is 2.88. The number of esters is 1. The molecule has 9 nitrogen and oxygen atoms in total. The first-order chi connectivity index (χ1) is 17.4. The van der Waals surface area contributed by atoms with Gasteiger partial charge in [0, 0.05) is 6.42 Å². The lowest BCUT2D eigenvalue weighted by Gasteiger charge is -2.40. The number of hydrogen-bond donors (Lipinski definition) is 5. The van der Waals surface area contributed by atoms with Gasteiger partial charge >= 0.3 is 5.97 Å². The van der Waals surface area contributed by atoms with Crippen LogP contribution in [0.15, 0.2) is 0 Å². The van der Waals surface area contributed by atoms with Gasteiger partial charge in [0.25, 0.3) is 0 Å². The first-order valence-electron chi connectivity index (χ1n) is 14.2. The van der Waals surface area contributed by atoms with Gasteiger partial charge in [-0.25, -0.2) is 0 Å². The van der Waals surface area contributed by atoms with E-state index in [1.807, 2.05) is 0 Å². The molecule has 1 aliphatic rings. The zero-order valence-electron chi connectivity index (χ0n) is 22.3. The molecular formula is C27H52O9. The normalized spacial score (nSPS) is 25.1. The van der Waals surface area contributed by atoms with Crippen LogP contribution in [-0.4, -0.2) is 88.1 Å². The zero-order valence-corrected chi connectivity index (χ0v) is 22.3. The monoisotopic (exact) mass is 520 g/mol. The smallest absolute Gasteiger partial charge is 0.305 e. The molecule has 0 amide bonds. The minimum atomic E-state index is -1.58. The first kappa shape index (κ1) is 33.2. The standard InChI is InChI=1S/C27H52O9/c1-2-3-4-5-6-7-8-9-10-11-12-13-14-15-16-17-23(30)34-20-21(18-28)35-27-26(33)25(32)24(31)22(19-29)36-27/h21-22,24-29,31-33H,2-20H2,1H3/t21-,22-,24-,25+,26-,27-/m1/s1. The second-order valence-electron chi connectivity index (χ2n) is 10.0. The zero-order chi connectivity index (χ0) is 26.6. The van der Waals surface area contributed by atoms with E-state index in [9.17, 15) is 30.3 Å². The Bertz CT molecular complexity index is 531. The van der Waals surface area contributed by atoms with Gasteiger partial charge in [0.15, 0.2) is 6.29 Å². The summed E-state index contributed by atoms with van der Waals surface area (Å²) in [6, 6.07) is 0. The SMILES string of the molecule is CCCCCCCCCCCCCCCCCC(=O)OC[C@@H](CO)O[C@@H]1O[C@H](CO)[C@@H](O)[C@H](O)[C@H]1O. The van der Waals surface area contributed by atoms with Crippen molar-refractivity contribution in [3.05, 3.63) is 0 Å². The fourth-order valence-electron chi connectivity index (χ4n) is 4.40. The van der Waals surface area contributed by atoms with Crippen LogP contribution >= 0.6 is 0 Å². The van der Waals surface area contributed by atoms with Crippen molar-refractivity contribution < 1.29 is 44.5 Å². The van der Waals surface area contributed by atoms with E-state index >= 15 is 0 Å². The van der Waals surface area contributed by atoms with Gasteiger partial charge in [-0.3, -0.25) is 4.79 Å². The van der Waals surface area contributed by atoms with Crippen LogP contribution in [0.5, 0.6) is 0 Å². The molecule has 0 aromatic rings. The molecule has 0 aliphatic carbocycles. The summed E-state index contributed by atoms with van der Waals surface area (Å²) in [7, 11) is 0. The molecule has 0 aromatic heterocycles. The van der Waals surface area contributed by atoms with E-state index in [0.717, 1.165) is 19.3 Å². The van der Waals surface area contributed by atoms with Crippen molar-refractivity contribution in [3.63, 3.8) is 0 Å². The van der Waals surface area contributed by atoms with Gasteiger partial charge in [-0.2, -0.15) is 0 Å². The van der Waals surface area contributed by atoms with Gasteiger partial charge in [0.05, 0.1) is 13.2 Å². The Hall–Kier alpha value is -0.810. The Kier molecular flexibility index (Phi) is 19.5. The summed E-state index contributed by atoms with van der Waals surface area (Å²) in [6.07, 6.45) is 10.9. The predicted octanol–water partition coefficient (Wildman–Crippen LogP) is 2.97. The van der Waals surface area contributed by atoms with E-state index in [1.165, 1.54) is 77.0 Å². The molecule has 214 valence electrons. The van der Waals surface area contributed by atoms with Gasteiger partial charge in [-0.15, -0.1) is 0 Å². The Morgan fingerprint density at radius 1 is 0.750 bits per heavy atom. The van der Waals surface area contributed by atoms with Crippen LogP contribution < -0.4 is 0 Å². The Labute approximate surface area is 217 Å². The fourth-order valence-corrected chi connectivity index (χ4v) is 4.40. The van der Waals surface area contributed by atoms with E-state index in [1.54, 1.807) is 0 Å². The minimum Gasteiger partial charge on any atom is -0.463 e. The summed E-state index contributed by atoms with van der Waals surface area (Å²) in [5, 5.41) is 48.4. The number of aliphatic hydroxyl groups excluding tert-OH is 5. The van der Waals surface area contributed by atoms with E-state index < -0.39 is 50.0 Å². The summed E-state index contributed by atoms with van der Waals surface area (Å²) < 4.78 is 15.8. The lowest BCUT2D eigenvalue weighted by molar-refractivity contribution is -0.315. The van der Waals surface area contributed by atoms with Crippen molar-refractivity contribution in [1.82, 2.24) is 0 Å². The third kappa shape index (κ3) is 14.2. The number of carbonyl (C=O) groups is 1. The molecule has 9 heteroatoms. The van der Waals surface area contributed by atoms with Crippen molar-refractivity contribution in [1.29, 1.82) is 0 Å². The third-order valence-electron chi connectivity index (χ3n) is 6.79. The fraction of sp³-hybridized carbons (Fsp3) is 0.963. The highest BCUT2D eigenvalue weighted by Crippen LogP contribution is 2.23. The van der Waals surface area contributed by atoms with E-state index in [0.29, 0.717) is 0 Å². The molecule has 6 atom stereocenters. The van der Waals surface area contributed by atoms with Gasteiger partial charge in [0.2, 0.25) is 0 Å². The van der Waals surface area contributed by atoms with Crippen LogP contribution in [0.4, 0.5) is 0 Å². The quantitative estimate of drug-likeness (QED) is 0.107. The Balaban J connectivity index is 2.02. The van der Waals surface area contributed by atoms with Crippen molar-refractivity contribution >= 4 is 5.97 Å². The molecule has 1 rings (SSSR count). The van der Waals surface area contributed by atoms with Gasteiger partial charge in [-0.1, -0.05) is 96.8 Å². The Morgan fingerprint density at radius 3 is 1.72 bits per heavy atom. The molecule has 0 spiro atoms. The van der Waals surface area contributed by atoms with Gasteiger partial charge in [-0.05, 0) is 6.42 Å². The van der Waals surface area contributed by atoms with Gasteiger partial charge < -0.3 is 39.7 Å². The first-order valence-corrected chi connectivity index (χ1v) is 14.2. The summed E-state index contributed by atoms with van der Waals surface area (Å²) in [5.41, 5.74) is 0. The molecule has 36 heavy (non-hydrogen) atoms. The summed E-state index contributed by atoms with van der Waals surface area (Å²) in [5.74, 6) is -0.388. The van der Waals surface area contributed by atoms with Crippen molar-refractivity contribution in [2.45, 2.75) is 146 Å². The number of carbonyl (C=O) groups excluding carboxylic acids is 1. The molecule has 1 saturated heterocycles. The van der Waals surface area contributed by atoms with E-state index in [4.69, 9.17) is 14.2 Å². The van der Waals surface area contributed by atoms with Crippen LogP contribution in [0.2, 0.25) is 0 Å². The summed E-state index contributed by atoms with van der Waals surface area (Å²) in [4.78, 5) is 12.0. The molecule has 0 bridgehead atoms. The minimum absolute atomic E-state index is 0.233. The molecular weight excluding hydrogens is 468 g/mol. The molecule has 0 radical (unpaired) electrons. The number of hydrogen-bond acceptors (Lipinski definition) is 9. The maximum absolute atomic E-state index is 12.0. The second-order valence-corrected chi connectivity index (χ2v) is 10.0. The lowest BCUT2D eigenvalue weighted by atomic mass is 9.99. The Morgan fingerprint density at radius 2 is 1.25 bits per heavy atom. The maximum atomic E-state index is 12.0. The predicted molar refractivity (Wildman–Crippen MR) is 136 cm³/mol. The van der Waals surface area contributed by atoms with Crippen LogP contribution in [0.25, 0.3) is 0 Å². The number of rotatable bonds is 22. The number of aliphatic hydroxyl groups is 5. The largest absolute Gasteiger partial charge is 0.463 e. The number of unbranched alkanes of at least 4 members (excludes halogenated alkanes) is 14. The van der Waals surface area contributed by atoms with Crippen LogP contribution in [0.1, 0.15) is 110 Å². The molecule has 1 fully saturated rings. The maximum Gasteiger partial charge on any atom is 0.305 e.